The van der Waals surface area contributed by atoms with Crippen molar-refractivity contribution in [1.29, 1.82) is 0 Å². The molecule has 1 heterocycles. The Labute approximate surface area is 96.4 Å². The van der Waals surface area contributed by atoms with Crippen LogP contribution >= 0.6 is 0 Å². The molecular weight excluding hydrogens is 206 g/mol. The summed E-state index contributed by atoms with van der Waals surface area (Å²) in [6, 6.07) is 0.100. The Kier molecular flexibility index (Phi) is 5.25. The fourth-order valence-corrected chi connectivity index (χ4v) is 1.98. The Bertz CT molecular complexity index is 256. The molecule has 0 radical (unpaired) electrons. The van der Waals surface area contributed by atoms with Crippen molar-refractivity contribution in [2.75, 3.05) is 19.6 Å². The third-order valence-corrected chi connectivity index (χ3v) is 2.79. The summed E-state index contributed by atoms with van der Waals surface area (Å²) in [5, 5.41) is 2.96. The molecule has 0 aromatic heterocycles. The van der Waals surface area contributed by atoms with E-state index in [0.717, 1.165) is 25.8 Å². The minimum Gasteiger partial charge on any atom is -0.352 e. The minimum atomic E-state index is -0.0329. The number of amides is 2. The van der Waals surface area contributed by atoms with Crippen molar-refractivity contribution >= 4 is 11.8 Å². The van der Waals surface area contributed by atoms with Crippen LogP contribution in [-0.2, 0) is 9.59 Å². The van der Waals surface area contributed by atoms with Gasteiger partial charge in [-0.1, -0.05) is 6.92 Å². The summed E-state index contributed by atoms with van der Waals surface area (Å²) in [7, 11) is 0. The average molecular weight is 227 g/mol. The van der Waals surface area contributed by atoms with E-state index < -0.39 is 0 Å². The molecule has 0 aliphatic carbocycles. The van der Waals surface area contributed by atoms with Gasteiger partial charge < -0.3 is 16.0 Å². The minimum absolute atomic E-state index is 0.0329. The van der Waals surface area contributed by atoms with Crippen LogP contribution in [0.15, 0.2) is 0 Å². The van der Waals surface area contributed by atoms with E-state index in [1.807, 2.05) is 6.92 Å². The molecule has 1 aliphatic rings. The van der Waals surface area contributed by atoms with Crippen molar-refractivity contribution in [2.24, 2.45) is 5.73 Å². The van der Waals surface area contributed by atoms with Gasteiger partial charge in [0.15, 0.2) is 0 Å². The number of hydrogen-bond donors (Lipinski definition) is 2. The van der Waals surface area contributed by atoms with E-state index in [-0.39, 0.29) is 24.4 Å². The Morgan fingerprint density at radius 2 is 2.25 bits per heavy atom. The number of likely N-dealkylation sites (tertiary alicyclic amines) is 1. The van der Waals surface area contributed by atoms with Crippen molar-refractivity contribution in [3.8, 4) is 0 Å². The second kappa shape index (κ2) is 6.48. The number of nitrogens with one attached hydrogen (secondary N) is 1. The lowest BCUT2D eigenvalue weighted by atomic mass is 10.1. The summed E-state index contributed by atoms with van der Waals surface area (Å²) in [5.41, 5.74) is 5.32. The molecule has 1 atom stereocenters. The maximum atomic E-state index is 11.4. The molecule has 1 rings (SSSR count). The van der Waals surface area contributed by atoms with Gasteiger partial charge in [-0.3, -0.25) is 9.59 Å². The van der Waals surface area contributed by atoms with Crippen LogP contribution in [0.3, 0.4) is 0 Å². The van der Waals surface area contributed by atoms with Gasteiger partial charge in [-0.25, -0.2) is 0 Å². The molecule has 2 amide bonds. The Morgan fingerprint density at radius 1 is 1.50 bits per heavy atom. The van der Waals surface area contributed by atoms with Gasteiger partial charge in [-0.2, -0.15) is 0 Å². The zero-order valence-electron chi connectivity index (χ0n) is 9.87. The van der Waals surface area contributed by atoms with Crippen molar-refractivity contribution in [3.05, 3.63) is 0 Å². The molecule has 0 spiro atoms. The Morgan fingerprint density at radius 3 is 2.88 bits per heavy atom. The van der Waals surface area contributed by atoms with Crippen molar-refractivity contribution in [2.45, 2.75) is 38.6 Å². The van der Waals surface area contributed by atoms with Gasteiger partial charge in [-0.05, 0) is 19.3 Å². The molecule has 1 saturated heterocycles. The van der Waals surface area contributed by atoms with E-state index in [1.165, 1.54) is 0 Å². The van der Waals surface area contributed by atoms with Crippen LogP contribution < -0.4 is 11.1 Å². The van der Waals surface area contributed by atoms with Crippen LogP contribution in [0.25, 0.3) is 0 Å². The first-order valence-electron chi connectivity index (χ1n) is 5.94. The van der Waals surface area contributed by atoms with E-state index in [1.54, 1.807) is 4.90 Å². The van der Waals surface area contributed by atoms with Gasteiger partial charge in [-0.15, -0.1) is 0 Å². The fourth-order valence-electron chi connectivity index (χ4n) is 1.98. The summed E-state index contributed by atoms with van der Waals surface area (Å²) in [5.74, 6) is 0.0454. The fraction of sp³-hybridized carbons (Fsp3) is 0.818. The number of carbonyl (C=O) groups excluding carboxylic acids is 2. The van der Waals surface area contributed by atoms with Crippen LogP contribution in [0.1, 0.15) is 32.6 Å². The van der Waals surface area contributed by atoms with E-state index in [0.29, 0.717) is 13.0 Å². The predicted octanol–water partition coefficient (Wildman–Crippen LogP) is -0.148. The SMILES string of the molecule is CCCC(=O)NC1CCCN(C(=O)CN)C1. The Balaban J connectivity index is 2.38. The van der Waals surface area contributed by atoms with E-state index >= 15 is 0 Å². The summed E-state index contributed by atoms with van der Waals surface area (Å²) < 4.78 is 0. The van der Waals surface area contributed by atoms with Gasteiger partial charge in [0.1, 0.15) is 0 Å². The van der Waals surface area contributed by atoms with Crippen molar-refractivity contribution in [1.82, 2.24) is 10.2 Å². The molecule has 0 aromatic rings. The second-order valence-corrected chi connectivity index (χ2v) is 4.20. The predicted molar refractivity (Wildman–Crippen MR) is 61.7 cm³/mol. The maximum Gasteiger partial charge on any atom is 0.236 e. The molecule has 1 unspecified atom stereocenters. The number of nitrogens with zero attached hydrogens (tertiary/aromatic N) is 1. The van der Waals surface area contributed by atoms with Crippen LogP contribution in [0.5, 0.6) is 0 Å². The van der Waals surface area contributed by atoms with E-state index in [9.17, 15) is 9.59 Å². The molecule has 5 heteroatoms. The summed E-state index contributed by atoms with van der Waals surface area (Å²) in [6.45, 7) is 3.39. The van der Waals surface area contributed by atoms with Crippen LogP contribution in [0.4, 0.5) is 0 Å². The molecule has 5 nitrogen and oxygen atoms in total. The highest BCUT2D eigenvalue weighted by atomic mass is 16.2. The smallest absolute Gasteiger partial charge is 0.236 e. The third kappa shape index (κ3) is 3.81. The van der Waals surface area contributed by atoms with E-state index in [2.05, 4.69) is 5.32 Å². The van der Waals surface area contributed by atoms with Gasteiger partial charge >= 0.3 is 0 Å². The van der Waals surface area contributed by atoms with Gasteiger partial charge in [0.05, 0.1) is 6.54 Å². The largest absolute Gasteiger partial charge is 0.352 e. The van der Waals surface area contributed by atoms with E-state index in [4.69, 9.17) is 5.73 Å². The molecule has 0 aromatic carbocycles. The lowest BCUT2D eigenvalue weighted by Crippen LogP contribution is -2.50. The lowest BCUT2D eigenvalue weighted by molar-refractivity contribution is -0.132. The van der Waals surface area contributed by atoms with Crippen LogP contribution in [0.2, 0.25) is 0 Å². The normalized spacial score (nSPS) is 20.6. The molecule has 1 fully saturated rings. The molecule has 16 heavy (non-hydrogen) atoms. The molecule has 3 N–H and O–H groups in total. The standard InChI is InChI=1S/C11H21N3O2/c1-2-4-10(15)13-9-5-3-6-14(8-9)11(16)7-12/h9H,2-8,12H2,1H3,(H,13,15). The first kappa shape index (κ1) is 13.0. The highest BCUT2D eigenvalue weighted by molar-refractivity contribution is 5.78. The topological polar surface area (TPSA) is 75.4 Å². The van der Waals surface area contributed by atoms with Gasteiger partial charge in [0.25, 0.3) is 0 Å². The zero-order valence-corrected chi connectivity index (χ0v) is 9.87. The van der Waals surface area contributed by atoms with Gasteiger partial charge in [0, 0.05) is 25.6 Å². The summed E-state index contributed by atoms with van der Waals surface area (Å²) in [6.07, 6.45) is 3.29. The zero-order chi connectivity index (χ0) is 12.0. The first-order chi connectivity index (χ1) is 7.67. The van der Waals surface area contributed by atoms with Crippen LogP contribution in [-0.4, -0.2) is 42.4 Å². The van der Waals surface area contributed by atoms with Crippen molar-refractivity contribution < 1.29 is 9.59 Å². The first-order valence-corrected chi connectivity index (χ1v) is 5.94. The Hall–Kier alpha value is -1.10. The summed E-state index contributed by atoms with van der Waals surface area (Å²) in [4.78, 5) is 24.6. The molecule has 0 bridgehead atoms. The quantitative estimate of drug-likeness (QED) is 0.701. The number of piperidine rings is 1. The number of nitrogens with two attached hydrogens (primary N) is 1. The summed E-state index contributed by atoms with van der Waals surface area (Å²) >= 11 is 0. The number of rotatable bonds is 4. The number of hydrogen-bond acceptors (Lipinski definition) is 3. The highest BCUT2D eigenvalue weighted by Crippen LogP contribution is 2.10. The number of carbonyl (C=O) groups is 2. The monoisotopic (exact) mass is 227 g/mol. The second-order valence-electron chi connectivity index (χ2n) is 4.20. The maximum absolute atomic E-state index is 11.4. The average Bonchev–Trinajstić information content (AvgIpc) is 2.28. The lowest BCUT2D eigenvalue weighted by Gasteiger charge is -2.33. The van der Waals surface area contributed by atoms with Crippen LogP contribution in [0, 0.1) is 0 Å². The molecule has 0 saturated carbocycles. The molecule has 92 valence electrons. The highest BCUT2D eigenvalue weighted by Gasteiger charge is 2.23. The molecule has 1 aliphatic heterocycles. The third-order valence-electron chi connectivity index (χ3n) is 2.79. The van der Waals surface area contributed by atoms with Gasteiger partial charge in [0.2, 0.25) is 11.8 Å². The van der Waals surface area contributed by atoms with Crippen molar-refractivity contribution in [3.63, 3.8) is 0 Å². The molecular formula is C11H21N3O2.